The van der Waals surface area contributed by atoms with Crippen LogP contribution in [0.3, 0.4) is 0 Å². The molecule has 0 saturated heterocycles. The van der Waals surface area contributed by atoms with Gasteiger partial charge in [-0.15, -0.1) is 0 Å². The minimum Gasteiger partial charge on any atom is -0.497 e. The molecule has 1 amide bonds. The minimum atomic E-state index is -0.570. The van der Waals surface area contributed by atoms with E-state index in [0.29, 0.717) is 30.1 Å². The molecule has 1 N–H and O–H groups in total. The molecule has 1 aromatic heterocycles. The maximum absolute atomic E-state index is 14.6. The molecule has 2 aliphatic heterocycles. The lowest BCUT2D eigenvalue weighted by Crippen LogP contribution is -2.50. The minimum absolute atomic E-state index is 0.237. The number of ether oxygens (including phenoxy) is 2. The van der Waals surface area contributed by atoms with Crippen molar-refractivity contribution in [2.75, 3.05) is 25.7 Å². The zero-order valence-corrected chi connectivity index (χ0v) is 18.6. The van der Waals surface area contributed by atoms with E-state index in [2.05, 4.69) is 4.98 Å². The van der Waals surface area contributed by atoms with E-state index in [-0.39, 0.29) is 11.5 Å². The first kappa shape index (κ1) is 20.5. The number of fused-ring (bicyclic) bond motifs is 6. The van der Waals surface area contributed by atoms with Gasteiger partial charge < -0.3 is 24.3 Å². The van der Waals surface area contributed by atoms with Crippen LogP contribution >= 0.6 is 0 Å². The number of hydrogen-bond donors (Lipinski definition) is 1. The first-order chi connectivity index (χ1) is 16.5. The second kappa shape index (κ2) is 7.48. The van der Waals surface area contributed by atoms with Crippen LogP contribution in [0.15, 0.2) is 54.6 Å². The number of aromatic nitrogens is 1. The Balaban J connectivity index is 1.63. The van der Waals surface area contributed by atoms with Crippen LogP contribution in [0.5, 0.6) is 11.5 Å². The molecule has 0 saturated carbocycles. The number of amides is 1. The largest absolute Gasteiger partial charge is 0.497 e. The summed E-state index contributed by atoms with van der Waals surface area (Å²) in [6.45, 7) is 0.430. The molecule has 1 atom stereocenters. The van der Waals surface area contributed by atoms with Crippen molar-refractivity contribution >= 4 is 28.2 Å². The van der Waals surface area contributed by atoms with Crippen molar-refractivity contribution in [2.45, 2.75) is 12.6 Å². The maximum Gasteiger partial charge on any atom is 0.258 e. The number of carbonyl (C=O) groups excluding carboxylic acids is 1. The number of methoxy groups -OCH3 is 2. The Labute approximate surface area is 194 Å². The molecule has 34 heavy (non-hydrogen) atoms. The van der Waals surface area contributed by atoms with Crippen LogP contribution in [-0.2, 0) is 6.42 Å². The molecular weight excluding hydrogens is 440 g/mol. The molecule has 2 aliphatic rings. The van der Waals surface area contributed by atoms with Gasteiger partial charge in [-0.25, -0.2) is 8.78 Å². The van der Waals surface area contributed by atoms with Gasteiger partial charge in [0.25, 0.3) is 5.91 Å². The van der Waals surface area contributed by atoms with Gasteiger partial charge in [-0.2, -0.15) is 0 Å². The van der Waals surface area contributed by atoms with Crippen molar-refractivity contribution in [3.05, 3.63) is 83.1 Å². The van der Waals surface area contributed by atoms with Gasteiger partial charge in [0.1, 0.15) is 23.1 Å². The van der Waals surface area contributed by atoms with Crippen LogP contribution in [0.1, 0.15) is 27.8 Å². The molecule has 8 heteroatoms. The summed E-state index contributed by atoms with van der Waals surface area (Å²) in [6, 6.07) is 14.3. The Kier molecular flexibility index (Phi) is 4.52. The standard InChI is InChI=1S/C26H21F2N3O3/c1-33-17-4-5-22-20(13-17)19-7-8-30-25(24(19)29-22)31(16-9-15(28)10-18(12-16)34-2)23-6-3-14(27)11-21(23)26(30)32/h3-6,9-13,25,29H,7-8H2,1-2H3. The van der Waals surface area contributed by atoms with Crippen LogP contribution in [0, 0.1) is 11.6 Å². The highest BCUT2D eigenvalue weighted by Gasteiger charge is 2.44. The lowest BCUT2D eigenvalue weighted by Gasteiger charge is -2.47. The second-order valence-corrected chi connectivity index (χ2v) is 8.43. The third-order valence-corrected chi connectivity index (χ3v) is 6.63. The highest BCUT2D eigenvalue weighted by Crippen LogP contribution is 2.48. The third-order valence-electron chi connectivity index (χ3n) is 6.63. The summed E-state index contributed by atoms with van der Waals surface area (Å²) in [6.07, 6.45) is 0.0505. The molecule has 0 aliphatic carbocycles. The summed E-state index contributed by atoms with van der Waals surface area (Å²) in [5.74, 6) is -0.152. The zero-order valence-electron chi connectivity index (χ0n) is 18.6. The topological polar surface area (TPSA) is 57.8 Å². The van der Waals surface area contributed by atoms with Crippen molar-refractivity contribution in [1.29, 1.82) is 0 Å². The Bertz CT molecular complexity index is 1470. The molecular formula is C26H21F2N3O3. The van der Waals surface area contributed by atoms with Gasteiger partial charge in [0.2, 0.25) is 0 Å². The quantitative estimate of drug-likeness (QED) is 0.449. The van der Waals surface area contributed by atoms with Gasteiger partial charge in [-0.3, -0.25) is 4.79 Å². The van der Waals surface area contributed by atoms with Gasteiger partial charge in [0.05, 0.1) is 36.9 Å². The van der Waals surface area contributed by atoms with E-state index in [1.165, 1.54) is 31.4 Å². The monoisotopic (exact) mass is 461 g/mol. The number of hydrogen-bond acceptors (Lipinski definition) is 4. The smallest absolute Gasteiger partial charge is 0.258 e. The van der Waals surface area contributed by atoms with Crippen LogP contribution in [0.2, 0.25) is 0 Å². The number of anilines is 2. The van der Waals surface area contributed by atoms with Crippen molar-refractivity contribution in [2.24, 2.45) is 0 Å². The van der Waals surface area contributed by atoms with Crippen LogP contribution < -0.4 is 14.4 Å². The van der Waals surface area contributed by atoms with Crippen LogP contribution in [-0.4, -0.2) is 36.6 Å². The van der Waals surface area contributed by atoms with Gasteiger partial charge in [-0.05, 0) is 54.4 Å². The van der Waals surface area contributed by atoms with E-state index < -0.39 is 17.8 Å². The first-order valence-electron chi connectivity index (χ1n) is 10.9. The van der Waals surface area contributed by atoms with E-state index in [9.17, 15) is 13.6 Å². The van der Waals surface area contributed by atoms with E-state index in [1.807, 2.05) is 23.1 Å². The lowest BCUT2D eigenvalue weighted by atomic mass is 9.95. The van der Waals surface area contributed by atoms with Gasteiger partial charge >= 0.3 is 0 Å². The number of nitrogens with one attached hydrogen (secondary N) is 1. The lowest BCUT2D eigenvalue weighted by molar-refractivity contribution is 0.0641. The summed E-state index contributed by atoms with van der Waals surface area (Å²) in [7, 11) is 3.09. The zero-order chi connectivity index (χ0) is 23.6. The summed E-state index contributed by atoms with van der Waals surface area (Å²) in [5, 5.41) is 1.02. The molecule has 6 nitrogen and oxygen atoms in total. The number of aromatic amines is 1. The fourth-order valence-corrected chi connectivity index (χ4v) is 5.12. The van der Waals surface area contributed by atoms with E-state index in [1.54, 1.807) is 24.1 Å². The Morgan fingerprint density at radius 3 is 2.56 bits per heavy atom. The molecule has 3 aromatic carbocycles. The Hall–Kier alpha value is -4.07. The predicted octanol–water partition coefficient (Wildman–Crippen LogP) is 5.31. The third kappa shape index (κ3) is 2.95. The van der Waals surface area contributed by atoms with Crippen LogP contribution in [0.4, 0.5) is 20.2 Å². The SMILES string of the molecule is COc1cc(F)cc(N2c3ccc(F)cc3C(=O)N3CCc4c([nH]c5ccc(OC)cc45)C32)c1. The van der Waals surface area contributed by atoms with E-state index in [4.69, 9.17) is 9.47 Å². The molecule has 3 heterocycles. The second-order valence-electron chi connectivity index (χ2n) is 8.43. The van der Waals surface area contributed by atoms with Gasteiger partial charge in [0.15, 0.2) is 6.17 Å². The highest BCUT2D eigenvalue weighted by atomic mass is 19.1. The molecule has 172 valence electrons. The van der Waals surface area contributed by atoms with Crippen LogP contribution in [0.25, 0.3) is 10.9 Å². The molecule has 0 spiro atoms. The maximum atomic E-state index is 14.6. The number of carbonyl (C=O) groups is 1. The van der Waals surface area contributed by atoms with Crippen molar-refractivity contribution in [1.82, 2.24) is 9.88 Å². The highest BCUT2D eigenvalue weighted by molar-refractivity contribution is 6.04. The average molecular weight is 461 g/mol. The van der Waals surface area contributed by atoms with Crippen molar-refractivity contribution in [3.63, 3.8) is 0 Å². The van der Waals surface area contributed by atoms with E-state index in [0.717, 1.165) is 27.9 Å². The van der Waals surface area contributed by atoms with E-state index >= 15 is 0 Å². The molecule has 4 aromatic rings. The van der Waals surface area contributed by atoms with Gasteiger partial charge in [0, 0.05) is 29.6 Å². The summed E-state index contributed by atoms with van der Waals surface area (Å²) in [5.41, 5.74) is 4.06. The number of nitrogens with zero attached hydrogens (tertiary/aromatic N) is 2. The average Bonchev–Trinajstić information content (AvgIpc) is 3.22. The summed E-state index contributed by atoms with van der Waals surface area (Å²) in [4.78, 5) is 20.5. The van der Waals surface area contributed by atoms with Crippen molar-refractivity contribution in [3.8, 4) is 11.5 Å². The fraction of sp³-hybridized carbons (Fsp3) is 0.192. The van der Waals surface area contributed by atoms with Gasteiger partial charge in [-0.1, -0.05) is 0 Å². The number of rotatable bonds is 3. The molecule has 0 bridgehead atoms. The first-order valence-corrected chi connectivity index (χ1v) is 10.9. The predicted molar refractivity (Wildman–Crippen MR) is 124 cm³/mol. The molecule has 0 radical (unpaired) electrons. The summed E-state index contributed by atoms with van der Waals surface area (Å²) >= 11 is 0. The Morgan fingerprint density at radius 2 is 1.76 bits per heavy atom. The molecule has 1 unspecified atom stereocenters. The normalized spacial score (nSPS) is 16.8. The molecule has 6 rings (SSSR count). The van der Waals surface area contributed by atoms with Crippen molar-refractivity contribution < 1.29 is 23.0 Å². The number of benzene rings is 3. The Morgan fingerprint density at radius 1 is 0.941 bits per heavy atom. The fourth-order valence-electron chi connectivity index (χ4n) is 5.12. The molecule has 0 fully saturated rings. The summed E-state index contributed by atoms with van der Waals surface area (Å²) < 4.78 is 39.5. The number of H-pyrrole nitrogens is 1. The number of halogens is 2.